The fraction of sp³-hybridized carbons (Fsp3) is 0.0213. The predicted octanol–water partition coefficient (Wildman–Crippen LogP) is 12.3. The van der Waals surface area contributed by atoms with Gasteiger partial charge in [-0.3, -0.25) is 0 Å². The van der Waals surface area contributed by atoms with E-state index >= 15 is 0 Å². The van der Waals surface area contributed by atoms with Gasteiger partial charge in [-0.05, 0) is 84.3 Å². The number of fused-ring (bicyclic) bond motifs is 6. The van der Waals surface area contributed by atoms with Gasteiger partial charge in [-0.1, -0.05) is 116 Å². The molecule has 0 atom stereocenters. The highest BCUT2D eigenvalue weighted by atomic mass is 16.3. The molecule has 0 unspecified atom stereocenters. The highest BCUT2D eigenvalue weighted by Gasteiger charge is 2.15. The van der Waals surface area contributed by atoms with E-state index in [1.165, 1.54) is 21.8 Å². The van der Waals surface area contributed by atoms with Crippen LogP contribution in [0.3, 0.4) is 0 Å². The molecule has 0 bridgehead atoms. The maximum Gasteiger partial charge on any atom is 0.160 e. The molecule has 7 aromatic carbocycles. The van der Waals surface area contributed by atoms with Crippen LogP contribution in [0.2, 0.25) is 0 Å². The summed E-state index contributed by atoms with van der Waals surface area (Å²) < 4.78 is 8.66. The SMILES string of the molecule is C=C(N=C(N=C(C)c1ccccc1)c1ccccc1)c1ccc2oc3ccc(-c4ccc5c(c4)c4ccccc4n5-c4ccccc4)cc3c2c1. The van der Waals surface area contributed by atoms with Gasteiger partial charge < -0.3 is 8.98 Å². The van der Waals surface area contributed by atoms with E-state index in [9.17, 15) is 0 Å². The molecule has 2 aromatic heterocycles. The van der Waals surface area contributed by atoms with Gasteiger partial charge in [0.2, 0.25) is 0 Å². The van der Waals surface area contributed by atoms with E-state index in [0.29, 0.717) is 11.5 Å². The standard InChI is InChI=1S/C47H33N3O/c1-31(33-14-6-3-7-15-33)48-47(34-16-8-4-9-17-34)49-32(2)35-23-26-45-41(28-35)42-30-37(24-27-46(42)51-45)36-22-25-44-40(29-36)39-20-12-13-21-43(39)50(44)38-18-10-5-11-19-38/h3-30H,2H2,1H3. The topological polar surface area (TPSA) is 42.8 Å². The lowest BCUT2D eigenvalue weighted by atomic mass is 10.00. The average molecular weight is 656 g/mol. The molecule has 4 nitrogen and oxygen atoms in total. The van der Waals surface area contributed by atoms with Crippen molar-refractivity contribution in [2.45, 2.75) is 6.92 Å². The lowest BCUT2D eigenvalue weighted by Crippen LogP contribution is -2.04. The zero-order chi connectivity index (χ0) is 34.3. The van der Waals surface area contributed by atoms with Gasteiger partial charge in [0.05, 0.1) is 16.7 Å². The number of rotatable bonds is 6. The Morgan fingerprint density at radius 2 is 1.06 bits per heavy atom. The van der Waals surface area contributed by atoms with Gasteiger partial charge >= 0.3 is 0 Å². The lowest BCUT2D eigenvalue weighted by molar-refractivity contribution is 0.669. The lowest BCUT2D eigenvalue weighted by Gasteiger charge is -2.08. The first-order valence-corrected chi connectivity index (χ1v) is 17.1. The van der Waals surface area contributed by atoms with E-state index in [0.717, 1.165) is 61.2 Å². The minimum Gasteiger partial charge on any atom is -0.456 e. The van der Waals surface area contributed by atoms with Crippen LogP contribution < -0.4 is 0 Å². The zero-order valence-electron chi connectivity index (χ0n) is 28.1. The molecule has 51 heavy (non-hydrogen) atoms. The van der Waals surface area contributed by atoms with Crippen molar-refractivity contribution in [2.24, 2.45) is 9.98 Å². The van der Waals surface area contributed by atoms with Crippen LogP contribution >= 0.6 is 0 Å². The van der Waals surface area contributed by atoms with Crippen molar-refractivity contribution in [1.82, 2.24) is 4.57 Å². The number of hydrogen-bond acceptors (Lipinski definition) is 2. The third-order valence-electron chi connectivity index (χ3n) is 9.56. The summed E-state index contributed by atoms with van der Waals surface area (Å²) in [7, 11) is 0. The first-order chi connectivity index (χ1) is 25.1. The number of aliphatic imine (C=N–C) groups is 2. The Morgan fingerprint density at radius 1 is 0.490 bits per heavy atom. The summed E-state index contributed by atoms with van der Waals surface area (Å²) in [5.74, 6) is 0.616. The molecule has 0 amide bonds. The zero-order valence-corrected chi connectivity index (χ0v) is 28.1. The van der Waals surface area contributed by atoms with Crippen LogP contribution in [0.25, 0.3) is 66.3 Å². The Morgan fingerprint density at radius 3 is 1.80 bits per heavy atom. The molecule has 0 aliphatic heterocycles. The molecule has 0 N–H and O–H groups in total. The quantitative estimate of drug-likeness (QED) is 0.130. The Bertz CT molecular complexity index is 2800. The van der Waals surface area contributed by atoms with Gasteiger partial charge in [0.25, 0.3) is 0 Å². The Kier molecular flexibility index (Phi) is 7.48. The van der Waals surface area contributed by atoms with Gasteiger partial charge in [-0.15, -0.1) is 0 Å². The number of nitrogens with zero attached hydrogens (tertiary/aromatic N) is 3. The first kappa shape index (κ1) is 30.3. The van der Waals surface area contributed by atoms with E-state index < -0.39 is 0 Å². The number of para-hydroxylation sites is 2. The molecule has 0 radical (unpaired) electrons. The van der Waals surface area contributed by atoms with Crippen molar-refractivity contribution in [2.75, 3.05) is 0 Å². The number of aromatic nitrogens is 1. The fourth-order valence-electron chi connectivity index (χ4n) is 6.98. The molecule has 0 spiro atoms. The van der Waals surface area contributed by atoms with Crippen LogP contribution in [-0.2, 0) is 0 Å². The molecule has 4 heteroatoms. The highest BCUT2D eigenvalue weighted by molar-refractivity contribution is 6.14. The molecular weight excluding hydrogens is 623 g/mol. The second-order valence-corrected chi connectivity index (χ2v) is 12.8. The Labute approximate surface area is 296 Å². The van der Waals surface area contributed by atoms with E-state index in [2.05, 4.69) is 120 Å². The minimum atomic E-state index is 0.616. The summed E-state index contributed by atoms with van der Waals surface area (Å²) in [6.45, 7) is 6.41. The molecule has 0 saturated heterocycles. The third-order valence-corrected chi connectivity index (χ3v) is 9.56. The predicted molar refractivity (Wildman–Crippen MR) is 214 cm³/mol. The largest absolute Gasteiger partial charge is 0.456 e. The van der Waals surface area contributed by atoms with Crippen LogP contribution in [0.5, 0.6) is 0 Å². The van der Waals surface area contributed by atoms with Crippen LogP contribution in [0.1, 0.15) is 23.6 Å². The van der Waals surface area contributed by atoms with E-state index in [4.69, 9.17) is 14.4 Å². The van der Waals surface area contributed by atoms with E-state index in [-0.39, 0.29) is 0 Å². The van der Waals surface area contributed by atoms with Gasteiger partial charge in [0, 0.05) is 44.1 Å². The minimum absolute atomic E-state index is 0.616. The number of furan rings is 1. The molecule has 0 fully saturated rings. The molecule has 2 heterocycles. The summed E-state index contributed by atoms with van der Waals surface area (Å²) in [5.41, 5.74) is 11.9. The maximum absolute atomic E-state index is 6.32. The number of benzene rings is 7. The molecule has 0 aliphatic carbocycles. The van der Waals surface area contributed by atoms with Crippen molar-refractivity contribution in [1.29, 1.82) is 0 Å². The van der Waals surface area contributed by atoms with Crippen LogP contribution in [0.15, 0.2) is 191 Å². The molecule has 0 aliphatic rings. The van der Waals surface area contributed by atoms with Gasteiger partial charge in [-0.2, -0.15) is 0 Å². The molecule has 242 valence electrons. The van der Waals surface area contributed by atoms with E-state index in [1.807, 2.05) is 67.6 Å². The summed E-state index contributed by atoms with van der Waals surface area (Å²) in [6, 6.07) is 58.8. The Balaban J connectivity index is 1.12. The van der Waals surface area contributed by atoms with Crippen molar-refractivity contribution in [3.8, 4) is 16.8 Å². The molecule has 0 saturated carbocycles. The Hall–Kier alpha value is -6.78. The van der Waals surface area contributed by atoms with Crippen molar-refractivity contribution >= 4 is 61.0 Å². The van der Waals surface area contributed by atoms with E-state index in [1.54, 1.807) is 0 Å². The van der Waals surface area contributed by atoms with Crippen molar-refractivity contribution in [3.05, 3.63) is 193 Å². The van der Waals surface area contributed by atoms with Crippen molar-refractivity contribution in [3.63, 3.8) is 0 Å². The summed E-state index contributed by atoms with van der Waals surface area (Å²) in [5, 5.41) is 4.52. The van der Waals surface area contributed by atoms with Gasteiger partial charge in [0.1, 0.15) is 11.2 Å². The first-order valence-electron chi connectivity index (χ1n) is 17.1. The van der Waals surface area contributed by atoms with Gasteiger partial charge in [0.15, 0.2) is 5.84 Å². The highest BCUT2D eigenvalue weighted by Crippen LogP contribution is 2.37. The summed E-state index contributed by atoms with van der Waals surface area (Å²) >= 11 is 0. The monoisotopic (exact) mass is 655 g/mol. The number of hydrogen-bond donors (Lipinski definition) is 0. The molecule has 9 rings (SSSR count). The second-order valence-electron chi connectivity index (χ2n) is 12.8. The third kappa shape index (κ3) is 5.53. The second kappa shape index (κ2) is 12.6. The fourth-order valence-corrected chi connectivity index (χ4v) is 6.98. The van der Waals surface area contributed by atoms with Crippen LogP contribution in [0, 0.1) is 0 Å². The average Bonchev–Trinajstić information content (AvgIpc) is 3.73. The molecular formula is C47H33N3O. The normalized spacial score (nSPS) is 12.3. The smallest absolute Gasteiger partial charge is 0.160 e. The van der Waals surface area contributed by atoms with Crippen LogP contribution in [0.4, 0.5) is 0 Å². The number of amidine groups is 1. The molecule has 9 aromatic rings. The summed E-state index contributed by atoms with van der Waals surface area (Å²) in [4.78, 5) is 9.97. The van der Waals surface area contributed by atoms with Gasteiger partial charge in [-0.25, -0.2) is 9.98 Å². The van der Waals surface area contributed by atoms with Crippen LogP contribution in [-0.4, -0.2) is 16.1 Å². The summed E-state index contributed by atoms with van der Waals surface area (Å²) in [6.07, 6.45) is 0. The van der Waals surface area contributed by atoms with Crippen molar-refractivity contribution < 1.29 is 4.42 Å². The maximum atomic E-state index is 6.32.